The smallest absolute Gasteiger partial charge is 0.161 e. The molecule has 11 rings (SSSR count). The number of pyridine rings is 3. The quantitative estimate of drug-likeness (QED) is 0.171. The fourth-order valence-corrected chi connectivity index (χ4v) is 7.97. The summed E-state index contributed by atoms with van der Waals surface area (Å²) in [7, 11) is 0. The Balaban J connectivity index is 1.10. The third-order valence-electron chi connectivity index (χ3n) is 10.7. The standard InChI is InChI=1S/C51H31N3O2/c1-3-9-34(10-4-1)46-31-45-44-30-36(17-18-47(44)55-51(45)48(54-46)35-11-5-2-6-12-35)40-13-7-15-42-43-16-8-14-41(50(43)56-49(40)42)39-28-37(32-19-23-52-24-20-32)27-38(29-39)33-21-25-53-26-22-33/h1-31H. The van der Waals surface area contributed by atoms with Crippen molar-refractivity contribution >= 4 is 43.9 Å². The zero-order valence-corrected chi connectivity index (χ0v) is 30.1. The number of fused-ring (bicyclic) bond motifs is 6. The van der Waals surface area contributed by atoms with E-state index in [2.05, 4.69) is 113 Å². The number of hydrogen-bond acceptors (Lipinski definition) is 5. The van der Waals surface area contributed by atoms with Crippen LogP contribution < -0.4 is 0 Å². The van der Waals surface area contributed by atoms with Crippen molar-refractivity contribution in [1.82, 2.24) is 15.0 Å². The monoisotopic (exact) mass is 717 g/mol. The summed E-state index contributed by atoms with van der Waals surface area (Å²) in [5.41, 5.74) is 15.6. The van der Waals surface area contributed by atoms with Gasteiger partial charge in [-0.2, -0.15) is 0 Å². The molecule has 0 saturated heterocycles. The molecule has 262 valence electrons. The molecule has 0 aliphatic rings. The lowest BCUT2D eigenvalue weighted by atomic mass is 9.93. The van der Waals surface area contributed by atoms with Crippen molar-refractivity contribution in [2.75, 3.05) is 0 Å². The number of rotatable bonds is 6. The molecule has 0 aliphatic carbocycles. The molecule has 0 unspecified atom stereocenters. The van der Waals surface area contributed by atoms with Gasteiger partial charge in [-0.3, -0.25) is 9.97 Å². The first-order valence-electron chi connectivity index (χ1n) is 18.6. The van der Waals surface area contributed by atoms with Crippen LogP contribution in [0.1, 0.15) is 0 Å². The van der Waals surface area contributed by atoms with Crippen LogP contribution in [0.15, 0.2) is 197 Å². The van der Waals surface area contributed by atoms with Gasteiger partial charge in [-0.1, -0.05) is 103 Å². The van der Waals surface area contributed by atoms with E-state index in [0.29, 0.717) is 0 Å². The Kier molecular flexibility index (Phi) is 7.42. The fraction of sp³-hybridized carbons (Fsp3) is 0. The van der Waals surface area contributed by atoms with E-state index in [4.69, 9.17) is 13.8 Å². The van der Waals surface area contributed by atoms with Gasteiger partial charge in [-0.15, -0.1) is 0 Å². The molecule has 5 aromatic heterocycles. The molecular formula is C51H31N3O2. The Morgan fingerprint density at radius 2 is 0.893 bits per heavy atom. The lowest BCUT2D eigenvalue weighted by molar-refractivity contribution is 0.668. The molecule has 0 N–H and O–H groups in total. The van der Waals surface area contributed by atoms with Crippen LogP contribution in [-0.2, 0) is 0 Å². The average molecular weight is 718 g/mol. The van der Waals surface area contributed by atoms with E-state index in [0.717, 1.165) is 111 Å². The van der Waals surface area contributed by atoms with Crippen LogP contribution in [0.5, 0.6) is 0 Å². The van der Waals surface area contributed by atoms with Gasteiger partial charge in [0.2, 0.25) is 0 Å². The van der Waals surface area contributed by atoms with E-state index < -0.39 is 0 Å². The van der Waals surface area contributed by atoms with Gasteiger partial charge < -0.3 is 8.83 Å². The van der Waals surface area contributed by atoms with Crippen molar-refractivity contribution in [1.29, 1.82) is 0 Å². The van der Waals surface area contributed by atoms with Crippen molar-refractivity contribution in [2.45, 2.75) is 0 Å². The Morgan fingerprint density at radius 1 is 0.321 bits per heavy atom. The minimum absolute atomic E-state index is 0.773. The summed E-state index contributed by atoms with van der Waals surface area (Å²) >= 11 is 0. The third kappa shape index (κ3) is 5.37. The van der Waals surface area contributed by atoms with E-state index in [9.17, 15) is 0 Å². The predicted octanol–water partition coefficient (Wildman–Crippen LogP) is 13.7. The van der Waals surface area contributed by atoms with Crippen molar-refractivity contribution in [3.05, 3.63) is 189 Å². The van der Waals surface area contributed by atoms with Crippen molar-refractivity contribution in [2.24, 2.45) is 0 Å². The van der Waals surface area contributed by atoms with Crippen LogP contribution in [0, 0.1) is 0 Å². The highest BCUT2D eigenvalue weighted by atomic mass is 16.3. The molecule has 56 heavy (non-hydrogen) atoms. The molecule has 11 aromatic rings. The van der Waals surface area contributed by atoms with Crippen molar-refractivity contribution < 1.29 is 8.83 Å². The molecule has 0 amide bonds. The van der Waals surface area contributed by atoms with Crippen LogP contribution in [0.25, 0.3) is 111 Å². The van der Waals surface area contributed by atoms with E-state index in [1.807, 2.05) is 85.5 Å². The summed E-state index contributed by atoms with van der Waals surface area (Å²) in [6.45, 7) is 0. The zero-order chi connectivity index (χ0) is 37.0. The summed E-state index contributed by atoms with van der Waals surface area (Å²) in [5.74, 6) is 0. The molecular weight excluding hydrogens is 687 g/mol. The van der Waals surface area contributed by atoms with Gasteiger partial charge in [0, 0.05) is 68.6 Å². The van der Waals surface area contributed by atoms with Crippen LogP contribution in [0.2, 0.25) is 0 Å². The third-order valence-corrected chi connectivity index (χ3v) is 10.7. The molecule has 0 fully saturated rings. The molecule has 0 atom stereocenters. The summed E-state index contributed by atoms with van der Waals surface area (Å²) < 4.78 is 13.6. The Morgan fingerprint density at radius 3 is 1.52 bits per heavy atom. The van der Waals surface area contributed by atoms with Gasteiger partial charge in [-0.25, -0.2) is 4.98 Å². The highest BCUT2D eigenvalue weighted by molar-refractivity contribution is 6.15. The van der Waals surface area contributed by atoms with Crippen LogP contribution in [0.4, 0.5) is 0 Å². The number of furan rings is 2. The zero-order valence-electron chi connectivity index (χ0n) is 30.1. The lowest BCUT2D eigenvalue weighted by Gasteiger charge is -2.11. The summed E-state index contributed by atoms with van der Waals surface area (Å²) in [4.78, 5) is 13.7. The van der Waals surface area contributed by atoms with Gasteiger partial charge in [0.05, 0.1) is 5.69 Å². The van der Waals surface area contributed by atoms with Gasteiger partial charge in [-0.05, 0) is 94.0 Å². The molecule has 5 nitrogen and oxygen atoms in total. The summed E-state index contributed by atoms with van der Waals surface area (Å²) in [6.07, 6.45) is 7.34. The maximum absolute atomic E-state index is 7.00. The Hall–Kier alpha value is -7.63. The van der Waals surface area contributed by atoms with Gasteiger partial charge >= 0.3 is 0 Å². The second-order valence-corrected chi connectivity index (χ2v) is 14.0. The molecule has 0 radical (unpaired) electrons. The number of para-hydroxylation sites is 2. The molecule has 6 aromatic carbocycles. The SMILES string of the molecule is c1ccc(-c2cc3c(oc4ccc(-c5cccc6c5oc5c(-c7cc(-c8ccncc8)cc(-c8ccncc8)c7)cccc56)cc43)c(-c3ccccc3)n2)cc1. The first kappa shape index (κ1) is 31.9. The lowest BCUT2D eigenvalue weighted by Crippen LogP contribution is -1.89. The highest BCUT2D eigenvalue weighted by Gasteiger charge is 2.20. The Bertz CT molecular complexity index is 3170. The summed E-state index contributed by atoms with van der Waals surface area (Å²) in [6, 6.07) is 56.9. The van der Waals surface area contributed by atoms with Crippen LogP contribution in [0.3, 0.4) is 0 Å². The second-order valence-electron chi connectivity index (χ2n) is 14.0. The van der Waals surface area contributed by atoms with E-state index in [1.165, 1.54) is 0 Å². The molecule has 0 aliphatic heterocycles. The molecule has 5 heteroatoms. The topological polar surface area (TPSA) is 65.0 Å². The van der Waals surface area contributed by atoms with Gasteiger partial charge in [0.15, 0.2) is 5.58 Å². The van der Waals surface area contributed by atoms with Crippen molar-refractivity contribution in [3.63, 3.8) is 0 Å². The first-order chi connectivity index (χ1) is 27.7. The molecule has 5 heterocycles. The van der Waals surface area contributed by atoms with Crippen LogP contribution >= 0.6 is 0 Å². The summed E-state index contributed by atoms with van der Waals surface area (Å²) in [5, 5.41) is 4.19. The average Bonchev–Trinajstić information content (AvgIpc) is 3.85. The van der Waals surface area contributed by atoms with E-state index >= 15 is 0 Å². The molecule has 0 saturated carbocycles. The minimum Gasteiger partial charge on any atom is -0.455 e. The predicted molar refractivity (Wildman–Crippen MR) is 227 cm³/mol. The van der Waals surface area contributed by atoms with E-state index in [-0.39, 0.29) is 0 Å². The first-order valence-corrected chi connectivity index (χ1v) is 18.6. The second kappa shape index (κ2) is 13.0. The number of aromatic nitrogens is 3. The molecule has 0 spiro atoms. The number of benzene rings is 6. The highest BCUT2D eigenvalue weighted by Crippen LogP contribution is 2.44. The number of nitrogens with zero attached hydrogens (tertiary/aromatic N) is 3. The normalized spacial score (nSPS) is 11.6. The fourth-order valence-electron chi connectivity index (χ4n) is 7.97. The maximum Gasteiger partial charge on any atom is 0.161 e. The molecule has 0 bridgehead atoms. The van der Waals surface area contributed by atoms with Crippen LogP contribution in [-0.4, -0.2) is 15.0 Å². The Labute approximate surface area is 322 Å². The van der Waals surface area contributed by atoms with Gasteiger partial charge in [0.1, 0.15) is 22.4 Å². The minimum atomic E-state index is 0.773. The maximum atomic E-state index is 7.00. The van der Waals surface area contributed by atoms with E-state index in [1.54, 1.807) is 0 Å². The number of hydrogen-bond donors (Lipinski definition) is 0. The largest absolute Gasteiger partial charge is 0.455 e. The van der Waals surface area contributed by atoms with Gasteiger partial charge in [0.25, 0.3) is 0 Å². The van der Waals surface area contributed by atoms with Crippen molar-refractivity contribution in [3.8, 4) is 67.0 Å².